The van der Waals surface area contributed by atoms with E-state index in [4.69, 9.17) is 9.94 Å². The number of rotatable bonds is 8. The maximum Gasteiger partial charge on any atom is 0.284 e. The number of carbonyl (C=O) groups excluding carboxylic acids is 1. The van der Waals surface area contributed by atoms with Crippen molar-refractivity contribution in [1.29, 1.82) is 0 Å². The van der Waals surface area contributed by atoms with Gasteiger partial charge in [-0.25, -0.2) is 10.5 Å². The van der Waals surface area contributed by atoms with Crippen LogP contribution in [0.5, 0.6) is 0 Å². The molecule has 0 spiro atoms. The Labute approximate surface area is 155 Å². The van der Waals surface area contributed by atoms with Crippen LogP contribution in [0, 0.1) is 0 Å². The van der Waals surface area contributed by atoms with Crippen molar-refractivity contribution < 1.29 is 14.7 Å². The number of ether oxygens (including phenoxy) is 1. The molecule has 0 bridgehead atoms. The third kappa shape index (κ3) is 4.89. The predicted octanol–water partition coefficient (Wildman–Crippen LogP) is 3.56. The monoisotopic (exact) mass is 369 g/mol. The second-order valence-electron chi connectivity index (χ2n) is 5.48. The number of nitrogens with zero attached hydrogens (tertiary/aromatic N) is 1. The van der Waals surface area contributed by atoms with E-state index in [9.17, 15) is 4.79 Å². The van der Waals surface area contributed by atoms with Crippen LogP contribution in [0.3, 0.4) is 0 Å². The maximum atomic E-state index is 11.4. The second kappa shape index (κ2) is 9.10. The largest absolute Gasteiger partial charge is 0.375 e. The van der Waals surface area contributed by atoms with Crippen molar-refractivity contribution >= 4 is 23.1 Å². The van der Waals surface area contributed by atoms with E-state index in [1.807, 2.05) is 54.6 Å². The molecule has 1 aromatic carbocycles. The van der Waals surface area contributed by atoms with Crippen LogP contribution in [0.1, 0.15) is 15.2 Å². The van der Waals surface area contributed by atoms with Crippen LogP contribution in [-0.4, -0.2) is 29.3 Å². The van der Waals surface area contributed by atoms with E-state index in [1.54, 1.807) is 11.5 Å². The molecule has 134 valence electrons. The lowest BCUT2D eigenvalue weighted by atomic mass is 10.2. The van der Waals surface area contributed by atoms with Gasteiger partial charge in [0.2, 0.25) is 0 Å². The molecule has 0 unspecified atom stereocenters. The number of amides is 1. The summed E-state index contributed by atoms with van der Waals surface area (Å²) in [6.45, 7) is 1.80. The van der Waals surface area contributed by atoms with E-state index in [1.165, 1.54) is 11.3 Å². The fourth-order valence-corrected chi connectivity index (χ4v) is 3.20. The summed E-state index contributed by atoms with van der Waals surface area (Å²) in [4.78, 5) is 17.3. The zero-order chi connectivity index (χ0) is 18.2. The molecule has 0 saturated heterocycles. The molecule has 0 radical (unpaired) electrons. The molecule has 0 fully saturated rings. The van der Waals surface area contributed by atoms with Gasteiger partial charge < -0.3 is 10.1 Å². The van der Waals surface area contributed by atoms with Crippen molar-refractivity contribution in [3.05, 3.63) is 71.1 Å². The third-order valence-corrected chi connectivity index (χ3v) is 4.70. The van der Waals surface area contributed by atoms with Crippen LogP contribution in [0.25, 0.3) is 10.6 Å². The normalized spacial score (nSPS) is 10.5. The first-order valence-electron chi connectivity index (χ1n) is 8.13. The lowest BCUT2D eigenvalue weighted by molar-refractivity contribution is 0.0711. The van der Waals surface area contributed by atoms with E-state index in [0.717, 1.165) is 22.0 Å². The van der Waals surface area contributed by atoms with E-state index in [-0.39, 0.29) is 0 Å². The molecular formula is C19H19N3O3S. The SMILES string of the molecule is O=C(NO)c1ccc(-c2cccc(NCCOCc3ccccc3)n2)s1. The van der Waals surface area contributed by atoms with Gasteiger partial charge in [0, 0.05) is 6.54 Å². The highest BCUT2D eigenvalue weighted by molar-refractivity contribution is 7.17. The number of aromatic nitrogens is 1. The Balaban J connectivity index is 1.51. The van der Waals surface area contributed by atoms with Crippen molar-refractivity contribution in [3.63, 3.8) is 0 Å². The number of anilines is 1. The Morgan fingerprint density at radius 3 is 2.73 bits per heavy atom. The Morgan fingerprint density at radius 2 is 1.92 bits per heavy atom. The van der Waals surface area contributed by atoms with E-state index in [0.29, 0.717) is 24.6 Å². The molecule has 3 rings (SSSR count). The molecule has 3 aromatic rings. The lowest BCUT2D eigenvalue weighted by Gasteiger charge is -2.08. The topological polar surface area (TPSA) is 83.5 Å². The van der Waals surface area contributed by atoms with Gasteiger partial charge in [0.25, 0.3) is 5.91 Å². The van der Waals surface area contributed by atoms with Crippen LogP contribution >= 0.6 is 11.3 Å². The molecule has 3 N–H and O–H groups in total. The average molecular weight is 369 g/mol. The second-order valence-corrected chi connectivity index (χ2v) is 6.56. The van der Waals surface area contributed by atoms with Gasteiger partial charge in [0.05, 0.1) is 28.7 Å². The van der Waals surface area contributed by atoms with Crippen molar-refractivity contribution in [2.45, 2.75) is 6.61 Å². The average Bonchev–Trinajstić information content (AvgIpc) is 3.18. The zero-order valence-corrected chi connectivity index (χ0v) is 14.8. The first-order valence-corrected chi connectivity index (χ1v) is 8.95. The van der Waals surface area contributed by atoms with Crippen molar-refractivity contribution in [3.8, 4) is 10.6 Å². The Hall–Kier alpha value is -2.74. The summed E-state index contributed by atoms with van der Waals surface area (Å²) in [5, 5.41) is 11.9. The number of benzene rings is 1. The van der Waals surface area contributed by atoms with Gasteiger partial charge >= 0.3 is 0 Å². The number of hydrogen-bond donors (Lipinski definition) is 3. The van der Waals surface area contributed by atoms with Gasteiger partial charge in [0.1, 0.15) is 5.82 Å². The van der Waals surface area contributed by atoms with Gasteiger partial charge in [-0.3, -0.25) is 10.0 Å². The zero-order valence-electron chi connectivity index (χ0n) is 14.0. The van der Waals surface area contributed by atoms with Crippen molar-refractivity contribution in [1.82, 2.24) is 10.5 Å². The summed E-state index contributed by atoms with van der Waals surface area (Å²) in [6, 6.07) is 19.2. The van der Waals surface area contributed by atoms with E-state index >= 15 is 0 Å². The standard InChI is InChI=1S/C19H19N3O3S/c23-19(22-24)17-10-9-16(26-17)15-7-4-8-18(21-15)20-11-12-25-13-14-5-2-1-3-6-14/h1-10,24H,11-13H2,(H,20,21)(H,22,23). The first-order chi connectivity index (χ1) is 12.8. The fraction of sp³-hybridized carbons (Fsp3) is 0.158. The van der Waals surface area contributed by atoms with Gasteiger partial charge in [-0.15, -0.1) is 11.3 Å². The van der Waals surface area contributed by atoms with Crippen LogP contribution < -0.4 is 10.8 Å². The highest BCUT2D eigenvalue weighted by atomic mass is 32.1. The summed E-state index contributed by atoms with van der Waals surface area (Å²) in [7, 11) is 0. The molecule has 0 saturated carbocycles. The third-order valence-electron chi connectivity index (χ3n) is 3.60. The summed E-state index contributed by atoms with van der Waals surface area (Å²) < 4.78 is 5.64. The number of hydroxylamine groups is 1. The molecule has 0 aliphatic heterocycles. The van der Waals surface area contributed by atoms with Gasteiger partial charge in [-0.2, -0.15) is 0 Å². The van der Waals surface area contributed by atoms with Gasteiger partial charge in [-0.1, -0.05) is 36.4 Å². The van der Waals surface area contributed by atoms with Gasteiger partial charge in [0.15, 0.2) is 0 Å². The molecule has 0 aliphatic rings. The molecule has 26 heavy (non-hydrogen) atoms. The number of carbonyl (C=O) groups is 1. The predicted molar refractivity (Wildman–Crippen MR) is 101 cm³/mol. The van der Waals surface area contributed by atoms with Crippen LogP contribution in [0.2, 0.25) is 0 Å². The highest BCUT2D eigenvalue weighted by Gasteiger charge is 2.10. The molecule has 1 amide bonds. The number of hydrogen-bond acceptors (Lipinski definition) is 6. The Bertz CT molecular complexity index is 852. The fourth-order valence-electron chi connectivity index (χ4n) is 2.34. The first kappa shape index (κ1) is 18.1. The Kier molecular flexibility index (Phi) is 6.32. The minimum Gasteiger partial charge on any atom is -0.375 e. The molecule has 2 heterocycles. The number of nitrogens with one attached hydrogen (secondary N) is 2. The lowest BCUT2D eigenvalue weighted by Crippen LogP contribution is -2.16. The number of pyridine rings is 1. The molecule has 7 heteroatoms. The van der Waals surface area contributed by atoms with Crippen molar-refractivity contribution in [2.75, 3.05) is 18.5 Å². The molecule has 6 nitrogen and oxygen atoms in total. The van der Waals surface area contributed by atoms with E-state index in [2.05, 4.69) is 10.3 Å². The van der Waals surface area contributed by atoms with E-state index < -0.39 is 5.91 Å². The smallest absolute Gasteiger partial charge is 0.284 e. The number of thiophene rings is 1. The minimum absolute atomic E-state index is 0.428. The van der Waals surface area contributed by atoms with Crippen molar-refractivity contribution in [2.24, 2.45) is 0 Å². The Morgan fingerprint density at radius 1 is 1.08 bits per heavy atom. The molecule has 2 aromatic heterocycles. The maximum absolute atomic E-state index is 11.4. The van der Waals surface area contributed by atoms with Crippen LogP contribution in [-0.2, 0) is 11.3 Å². The quantitative estimate of drug-likeness (QED) is 0.321. The minimum atomic E-state index is -0.522. The highest BCUT2D eigenvalue weighted by Crippen LogP contribution is 2.27. The molecule has 0 aliphatic carbocycles. The summed E-state index contributed by atoms with van der Waals surface area (Å²) in [6.07, 6.45) is 0. The van der Waals surface area contributed by atoms with Gasteiger partial charge in [-0.05, 0) is 29.8 Å². The van der Waals surface area contributed by atoms with Crippen LogP contribution in [0.4, 0.5) is 5.82 Å². The summed E-state index contributed by atoms with van der Waals surface area (Å²) in [5.74, 6) is 0.221. The molecule has 0 atom stereocenters. The van der Waals surface area contributed by atoms with Crippen LogP contribution in [0.15, 0.2) is 60.7 Å². The summed E-state index contributed by atoms with van der Waals surface area (Å²) in [5.41, 5.74) is 3.55. The summed E-state index contributed by atoms with van der Waals surface area (Å²) >= 11 is 1.27. The molecular weight excluding hydrogens is 350 g/mol.